The Hall–Kier alpha value is -4.98. The smallest absolute Gasteiger partial charge is 0.238 e. The molecular formula is C36H30N2O6. The number of carbonyl (C=O) groups excluding carboxylic acids is 4. The summed E-state index contributed by atoms with van der Waals surface area (Å²) in [6, 6.07) is 23.8. The summed E-state index contributed by atoms with van der Waals surface area (Å²) in [5.74, 6) is -3.15. The van der Waals surface area contributed by atoms with E-state index in [9.17, 15) is 19.2 Å². The third kappa shape index (κ3) is 3.57. The molecule has 3 aromatic rings. The molecule has 3 fully saturated rings. The van der Waals surface area contributed by atoms with Gasteiger partial charge in [-0.1, -0.05) is 48.1 Å². The van der Waals surface area contributed by atoms with Crippen molar-refractivity contribution in [1.29, 1.82) is 0 Å². The lowest BCUT2D eigenvalue weighted by Gasteiger charge is -2.51. The van der Waals surface area contributed by atoms with Gasteiger partial charge in [0, 0.05) is 11.8 Å². The van der Waals surface area contributed by atoms with Gasteiger partial charge >= 0.3 is 0 Å². The number of imide groups is 2. The highest BCUT2D eigenvalue weighted by Crippen LogP contribution is 2.63. The molecule has 0 aromatic heterocycles. The molecule has 8 heteroatoms. The first-order chi connectivity index (χ1) is 21.4. The molecule has 2 bridgehead atoms. The second-order valence-corrected chi connectivity index (χ2v) is 12.1. The Kier molecular flexibility index (Phi) is 5.92. The average molecular weight is 587 g/mol. The molecule has 4 amide bonds. The summed E-state index contributed by atoms with van der Waals surface area (Å²) in [7, 11) is 3.13. The van der Waals surface area contributed by atoms with Crippen molar-refractivity contribution in [3.05, 3.63) is 102 Å². The van der Waals surface area contributed by atoms with Gasteiger partial charge in [0.1, 0.15) is 11.5 Å². The van der Waals surface area contributed by atoms with E-state index in [1.54, 1.807) is 62.8 Å². The Labute approximate surface area is 254 Å². The maximum Gasteiger partial charge on any atom is 0.238 e. The minimum Gasteiger partial charge on any atom is -0.497 e. The second kappa shape index (κ2) is 9.77. The van der Waals surface area contributed by atoms with Crippen molar-refractivity contribution in [1.82, 2.24) is 0 Å². The predicted octanol–water partition coefficient (Wildman–Crippen LogP) is 4.90. The fourth-order valence-corrected chi connectivity index (χ4v) is 8.49. The van der Waals surface area contributed by atoms with E-state index in [-0.39, 0.29) is 35.5 Å². The number of rotatable bonds is 5. The van der Waals surface area contributed by atoms with Gasteiger partial charge in [0.25, 0.3) is 0 Å². The molecule has 0 unspecified atom stereocenters. The lowest BCUT2D eigenvalue weighted by molar-refractivity contribution is -0.129. The van der Waals surface area contributed by atoms with Gasteiger partial charge in [-0.15, -0.1) is 0 Å². The number of methoxy groups -OCH3 is 2. The SMILES string of the molecule is COc1ccc(N2C(=O)[C@@H]3[C@H]4C=C[C@H](C5=C(c6ccccc6)C[C@@H]6C(=O)N(c7ccc(OC)cc7)C(=O)[C@H]6[C@H]54)[C@H]3C2=O)cc1. The lowest BCUT2D eigenvalue weighted by atomic mass is 9.49. The summed E-state index contributed by atoms with van der Waals surface area (Å²) in [4.78, 5) is 59.3. The fourth-order valence-electron chi connectivity index (χ4n) is 8.49. The van der Waals surface area contributed by atoms with Crippen LogP contribution in [-0.2, 0) is 19.2 Å². The molecule has 9 rings (SSSR count). The number of carbonyl (C=O) groups is 4. The van der Waals surface area contributed by atoms with Gasteiger partial charge in [0.05, 0.1) is 49.3 Å². The van der Waals surface area contributed by atoms with Crippen LogP contribution >= 0.6 is 0 Å². The zero-order valence-electron chi connectivity index (χ0n) is 24.3. The van der Waals surface area contributed by atoms with Crippen LogP contribution in [0.15, 0.2) is 96.6 Å². The molecule has 1 saturated carbocycles. The van der Waals surface area contributed by atoms with Gasteiger partial charge in [0.15, 0.2) is 0 Å². The Morgan fingerprint density at radius 2 is 1.14 bits per heavy atom. The standard InChI is InChI=1S/C36H30N2O6/c1-43-22-12-8-20(9-13-22)37-33(39)27-18-26(19-6-4-3-5-7-19)28-24-16-17-25(29(28)32(27)36(37)42)31-30(24)34(40)38(35(31)41)21-10-14-23(44-2)15-11-21/h3-17,24-25,27,29-32H,18H2,1-2H3/t24-,25+,27+,29+,30-,31-,32-/m1/s1. The van der Waals surface area contributed by atoms with E-state index in [0.29, 0.717) is 29.3 Å². The maximum absolute atomic E-state index is 14.3. The van der Waals surface area contributed by atoms with Crippen molar-refractivity contribution in [3.63, 3.8) is 0 Å². The molecule has 220 valence electrons. The molecule has 3 aromatic carbocycles. The number of hydrogen-bond acceptors (Lipinski definition) is 6. The monoisotopic (exact) mass is 586 g/mol. The number of ether oxygens (including phenoxy) is 2. The topological polar surface area (TPSA) is 93.2 Å². The van der Waals surface area contributed by atoms with E-state index in [1.165, 1.54) is 9.80 Å². The molecule has 2 saturated heterocycles. The summed E-state index contributed by atoms with van der Waals surface area (Å²) in [5.41, 5.74) is 4.03. The molecule has 7 atom stereocenters. The van der Waals surface area contributed by atoms with E-state index < -0.39 is 29.6 Å². The molecule has 4 aliphatic carbocycles. The Bertz CT molecular complexity index is 1780. The van der Waals surface area contributed by atoms with Crippen LogP contribution in [0.25, 0.3) is 5.57 Å². The molecule has 2 aliphatic heterocycles. The zero-order chi connectivity index (χ0) is 30.3. The van der Waals surface area contributed by atoms with E-state index >= 15 is 0 Å². The summed E-state index contributed by atoms with van der Waals surface area (Å²) in [6.07, 6.45) is 4.49. The first-order valence-electron chi connectivity index (χ1n) is 14.9. The minimum absolute atomic E-state index is 0.223. The van der Waals surface area contributed by atoms with Crippen LogP contribution in [-0.4, -0.2) is 37.8 Å². The number of anilines is 2. The van der Waals surface area contributed by atoms with Crippen molar-refractivity contribution in [2.45, 2.75) is 6.42 Å². The lowest BCUT2D eigenvalue weighted by Crippen LogP contribution is -2.51. The average Bonchev–Trinajstić information content (AvgIpc) is 3.50. The second-order valence-electron chi connectivity index (χ2n) is 12.1. The summed E-state index contributed by atoms with van der Waals surface area (Å²) < 4.78 is 10.6. The third-order valence-electron chi connectivity index (χ3n) is 10.3. The Morgan fingerprint density at radius 3 is 1.73 bits per heavy atom. The fraction of sp³-hybridized carbons (Fsp3) is 0.278. The van der Waals surface area contributed by atoms with Gasteiger partial charge < -0.3 is 9.47 Å². The predicted molar refractivity (Wildman–Crippen MR) is 163 cm³/mol. The Balaban J connectivity index is 1.25. The Morgan fingerprint density at radius 1 is 0.591 bits per heavy atom. The summed E-state index contributed by atoms with van der Waals surface area (Å²) in [5, 5.41) is 0. The molecule has 0 radical (unpaired) electrons. The third-order valence-corrected chi connectivity index (χ3v) is 10.3. The highest BCUT2D eigenvalue weighted by atomic mass is 16.5. The maximum atomic E-state index is 14.3. The van der Waals surface area contributed by atoms with Crippen LogP contribution in [0.1, 0.15) is 12.0 Å². The molecule has 0 spiro atoms. The molecule has 6 aliphatic rings. The van der Waals surface area contributed by atoms with E-state index in [2.05, 4.69) is 6.08 Å². The summed E-state index contributed by atoms with van der Waals surface area (Å²) >= 11 is 0. The van der Waals surface area contributed by atoms with Crippen molar-refractivity contribution < 1.29 is 28.7 Å². The van der Waals surface area contributed by atoms with Crippen molar-refractivity contribution in [3.8, 4) is 11.5 Å². The van der Waals surface area contributed by atoms with Crippen LogP contribution < -0.4 is 19.3 Å². The number of fused-ring (bicyclic) bond motifs is 1. The van der Waals surface area contributed by atoms with Crippen molar-refractivity contribution >= 4 is 40.6 Å². The molecule has 2 heterocycles. The van der Waals surface area contributed by atoms with Crippen LogP contribution in [0.4, 0.5) is 11.4 Å². The first-order valence-corrected chi connectivity index (χ1v) is 14.9. The molecular weight excluding hydrogens is 556 g/mol. The van der Waals surface area contributed by atoms with Crippen LogP contribution in [0.3, 0.4) is 0 Å². The quantitative estimate of drug-likeness (QED) is 0.312. The minimum atomic E-state index is -0.622. The van der Waals surface area contributed by atoms with Crippen LogP contribution in [0, 0.1) is 41.4 Å². The van der Waals surface area contributed by atoms with Gasteiger partial charge in [-0.05, 0) is 72.0 Å². The number of allylic oxidation sites excluding steroid dienone is 4. The summed E-state index contributed by atoms with van der Waals surface area (Å²) in [6.45, 7) is 0. The van der Waals surface area contributed by atoms with Crippen LogP contribution in [0.2, 0.25) is 0 Å². The highest BCUT2D eigenvalue weighted by Gasteiger charge is 2.67. The van der Waals surface area contributed by atoms with E-state index in [4.69, 9.17) is 9.47 Å². The van der Waals surface area contributed by atoms with Crippen molar-refractivity contribution in [2.24, 2.45) is 41.4 Å². The van der Waals surface area contributed by atoms with Gasteiger partial charge in [0.2, 0.25) is 23.6 Å². The van der Waals surface area contributed by atoms with Gasteiger partial charge in [-0.2, -0.15) is 0 Å². The number of benzene rings is 3. The van der Waals surface area contributed by atoms with E-state index in [0.717, 1.165) is 16.7 Å². The number of nitrogens with zero attached hydrogens (tertiary/aromatic N) is 2. The normalized spacial score (nSPS) is 30.1. The number of amides is 4. The molecule has 44 heavy (non-hydrogen) atoms. The first kappa shape index (κ1) is 26.6. The van der Waals surface area contributed by atoms with Crippen molar-refractivity contribution in [2.75, 3.05) is 24.0 Å². The van der Waals surface area contributed by atoms with E-state index in [1.807, 2.05) is 36.4 Å². The number of hydrogen-bond donors (Lipinski definition) is 0. The largest absolute Gasteiger partial charge is 0.497 e. The molecule has 8 nitrogen and oxygen atoms in total. The van der Waals surface area contributed by atoms with Gasteiger partial charge in [-0.25, -0.2) is 0 Å². The molecule has 0 N–H and O–H groups in total. The van der Waals surface area contributed by atoms with Gasteiger partial charge in [-0.3, -0.25) is 29.0 Å². The van der Waals surface area contributed by atoms with Crippen LogP contribution in [0.5, 0.6) is 11.5 Å². The highest BCUT2D eigenvalue weighted by molar-refractivity contribution is 6.24. The zero-order valence-corrected chi connectivity index (χ0v) is 24.3.